The fourth-order valence-electron chi connectivity index (χ4n) is 3.12. The summed E-state index contributed by atoms with van der Waals surface area (Å²) in [6, 6.07) is 18.3. The van der Waals surface area contributed by atoms with Crippen LogP contribution in [0.25, 0.3) is 0 Å². The highest BCUT2D eigenvalue weighted by molar-refractivity contribution is 9.10. The van der Waals surface area contributed by atoms with Crippen LogP contribution in [0.4, 0.5) is 0 Å². The highest BCUT2D eigenvalue weighted by Gasteiger charge is 2.21. The molecule has 2 aromatic rings. The number of benzene rings is 2. The van der Waals surface area contributed by atoms with Gasteiger partial charge in [0.25, 0.3) is 0 Å². The van der Waals surface area contributed by atoms with Crippen molar-refractivity contribution in [3.05, 3.63) is 82.3 Å². The molecule has 1 nitrogen and oxygen atoms in total. The number of hydrogen-bond donors (Lipinski definition) is 0. The maximum Gasteiger partial charge on any atom is 0.163 e. The second kappa shape index (κ2) is 7.06. The fourth-order valence-corrected chi connectivity index (χ4v) is 3.38. The van der Waals surface area contributed by atoms with Crippen molar-refractivity contribution < 1.29 is 4.79 Å². The highest BCUT2D eigenvalue weighted by atomic mass is 79.9. The molecule has 2 atom stereocenters. The predicted octanol–water partition coefficient (Wildman–Crippen LogP) is 5.77. The monoisotopic (exact) mass is 354 g/mol. The van der Waals surface area contributed by atoms with Gasteiger partial charge in [0.15, 0.2) is 5.78 Å². The summed E-state index contributed by atoms with van der Waals surface area (Å²) in [5.74, 6) is 1.11. The first kappa shape index (κ1) is 15.2. The van der Waals surface area contributed by atoms with E-state index < -0.39 is 0 Å². The van der Waals surface area contributed by atoms with Gasteiger partial charge in [-0.1, -0.05) is 70.5 Å². The normalized spacial score (nSPS) is 20.8. The molecule has 1 unspecified atom stereocenters. The van der Waals surface area contributed by atoms with Crippen LogP contribution in [0.2, 0.25) is 0 Å². The molecule has 112 valence electrons. The number of rotatable bonds is 4. The highest BCUT2D eigenvalue weighted by Crippen LogP contribution is 2.34. The molecule has 0 bridgehead atoms. The summed E-state index contributed by atoms with van der Waals surface area (Å²) in [5.41, 5.74) is 2.19. The van der Waals surface area contributed by atoms with E-state index in [0.717, 1.165) is 22.9 Å². The molecule has 0 radical (unpaired) electrons. The zero-order chi connectivity index (χ0) is 15.4. The third kappa shape index (κ3) is 3.75. The van der Waals surface area contributed by atoms with Gasteiger partial charge in [0, 0.05) is 16.5 Å². The molecule has 0 fully saturated rings. The van der Waals surface area contributed by atoms with Crippen LogP contribution in [0.3, 0.4) is 0 Å². The van der Waals surface area contributed by atoms with E-state index in [1.165, 1.54) is 5.56 Å². The Morgan fingerprint density at radius 2 is 1.77 bits per heavy atom. The summed E-state index contributed by atoms with van der Waals surface area (Å²) in [4.78, 5) is 12.4. The van der Waals surface area contributed by atoms with Crippen LogP contribution >= 0.6 is 15.9 Å². The van der Waals surface area contributed by atoms with Crippen molar-refractivity contribution in [2.24, 2.45) is 5.92 Å². The van der Waals surface area contributed by atoms with E-state index in [1.807, 2.05) is 24.3 Å². The molecule has 1 aliphatic rings. The minimum absolute atomic E-state index is 0.232. The first-order valence-electron chi connectivity index (χ1n) is 7.73. The second-order valence-corrected chi connectivity index (χ2v) is 6.82. The van der Waals surface area contributed by atoms with Crippen LogP contribution in [0.15, 0.2) is 71.2 Å². The predicted molar refractivity (Wildman–Crippen MR) is 94.1 cm³/mol. The van der Waals surface area contributed by atoms with E-state index in [0.29, 0.717) is 18.3 Å². The lowest BCUT2D eigenvalue weighted by molar-refractivity contribution is 0.0965. The van der Waals surface area contributed by atoms with Crippen LogP contribution < -0.4 is 0 Å². The molecule has 2 aromatic carbocycles. The molecule has 0 amide bonds. The first-order valence-corrected chi connectivity index (χ1v) is 8.52. The summed E-state index contributed by atoms with van der Waals surface area (Å²) in [6.45, 7) is 0. The Kier molecular flexibility index (Phi) is 4.89. The SMILES string of the molecule is O=C(CC1C=CC[C@@H](c2ccccc2)C1)c1ccc(Br)cc1. The van der Waals surface area contributed by atoms with Crippen molar-refractivity contribution in [1.29, 1.82) is 0 Å². The third-order valence-electron chi connectivity index (χ3n) is 4.30. The topological polar surface area (TPSA) is 17.1 Å². The Bertz CT molecular complexity index is 658. The Morgan fingerprint density at radius 1 is 1.05 bits per heavy atom. The molecule has 3 rings (SSSR count). The lowest BCUT2D eigenvalue weighted by Crippen LogP contribution is -2.14. The standard InChI is InChI=1S/C20H19BrO/c21-19-11-9-17(10-12-19)20(22)14-15-5-4-8-18(13-15)16-6-2-1-3-7-16/h1-7,9-12,15,18H,8,13-14H2/t15?,18-/m1/s1. The third-order valence-corrected chi connectivity index (χ3v) is 4.83. The lowest BCUT2D eigenvalue weighted by Gasteiger charge is -2.24. The number of carbonyl (C=O) groups is 1. The average Bonchev–Trinajstić information content (AvgIpc) is 2.56. The van der Waals surface area contributed by atoms with E-state index in [2.05, 4.69) is 58.4 Å². The zero-order valence-corrected chi connectivity index (χ0v) is 14.0. The number of halogens is 1. The molecule has 0 spiro atoms. The van der Waals surface area contributed by atoms with Gasteiger partial charge in [0.1, 0.15) is 0 Å². The summed E-state index contributed by atoms with van der Waals surface area (Å²) in [6.07, 6.45) is 7.19. The molecule has 0 aromatic heterocycles. The van der Waals surface area contributed by atoms with Gasteiger partial charge >= 0.3 is 0 Å². The van der Waals surface area contributed by atoms with E-state index in [9.17, 15) is 4.79 Å². The van der Waals surface area contributed by atoms with Crippen LogP contribution in [-0.2, 0) is 0 Å². The van der Waals surface area contributed by atoms with Crippen molar-refractivity contribution in [3.8, 4) is 0 Å². The van der Waals surface area contributed by atoms with Gasteiger partial charge in [-0.25, -0.2) is 0 Å². The van der Waals surface area contributed by atoms with Gasteiger partial charge in [-0.15, -0.1) is 0 Å². The Hall–Kier alpha value is -1.67. The molecular weight excluding hydrogens is 336 g/mol. The number of carbonyl (C=O) groups excluding carboxylic acids is 1. The van der Waals surface area contributed by atoms with Gasteiger partial charge < -0.3 is 0 Å². The smallest absolute Gasteiger partial charge is 0.163 e. The van der Waals surface area contributed by atoms with E-state index >= 15 is 0 Å². The fraction of sp³-hybridized carbons (Fsp3) is 0.250. The number of hydrogen-bond acceptors (Lipinski definition) is 1. The van der Waals surface area contributed by atoms with Gasteiger partial charge in [-0.2, -0.15) is 0 Å². The maximum atomic E-state index is 12.4. The zero-order valence-electron chi connectivity index (χ0n) is 12.4. The van der Waals surface area contributed by atoms with E-state index in [-0.39, 0.29) is 5.78 Å². The minimum Gasteiger partial charge on any atom is -0.294 e. The number of allylic oxidation sites excluding steroid dienone is 2. The van der Waals surface area contributed by atoms with Crippen LogP contribution in [-0.4, -0.2) is 5.78 Å². The maximum absolute atomic E-state index is 12.4. The van der Waals surface area contributed by atoms with Crippen molar-refractivity contribution in [2.45, 2.75) is 25.2 Å². The molecule has 22 heavy (non-hydrogen) atoms. The van der Waals surface area contributed by atoms with Gasteiger partial charge in [-0.05, 0) is 42.4 Å². The van der Waals surface area contributed by atoms with Crippen molar-refractivity contribution >= 4 is 21.7 Å². The van der Waals surface area contributed by atoms with Crippen LogP contribution in [0.5, 0.6) is 0 Å². The van der Waals surface area contributed by atoms with E-state index in [4.69, 9.17) is 0 Å². The molecule has 0 aliphatic heterocycles. The van der Waals surface area contributed by atoms with E-state index in [1.54, 1.807) is 0 Å². The van der Waals surface area contributed by atoms with Crippen molar-refractivity contribution in [3.63, 3.8) is 0 Å². The first-order chi connectivity index (χ1) is 10.7. The summed E-state index contributed by atoms with van der Waals surface area (Å²) >= 11 is 3.40. The van der Waals surface area contributed by atoms with Gasteiger partial charge in [0.05, 0.1) is 0 Å². The quantitative estimate of drug-likeness (QED) is 0.502. The lowest BCUT2D eigenvalue weighted by atomic mass is 9.80. The van der Waals surface area contributed by atoms with Gasteiger partial charge in [0.2, 0.25) is 0 Å². The molecular formula is C20H19BrO. The number of Topliss-reactive ketones (excluding diaryl/α,β-unsaturated/α-hetero) is 1. The Labute approximate surface area is 140 Å². The molecule has 0 N–H and O–H groups in total. The second-order valence-electron chi connectivity index (χ2n) is 5.90. The summed E-state index contributed by atoms with van der Waals surface area (Å²) in [5, 5.41) is 0. The molecule has 0 heterocycles. The summed E-state index contributed by atoms with van der Waals surface area (Å²) < 4.78 is 1.01. The average molecular weight is 355 g/mol. The van der Waals surface area contributed by atoms with Crippen LogP contribution in [0, 0.1) is 5.92 Å². The largest absolute Gasteiger partial charge is 0.294 e. The van der Waals surface area contributed by atoms with Crippen molar-refractivity contribution in [2.75, 3.05) is 0 Å². The van der Waals surface area contributed by atoms with Crippen LogP contribution in [0.1, 0.15) is 41.1 Å². The molecule has 2 heteroatoms. The summed E-state index contributed by atoms with van der Waals surface area (Å²) in [7, 11) is 0. The molecule has 0 saturated carbocycles. The number of ketones is 1. The van der Waals surface area contributed by atoms with Gasteiger partial charge in [-0.3, -0.25) is 4.79 Å². The molecule has 1 aliphatic carbocycles. The Balaban J connectivity index is 1.65. The Morgan fingerprint density at radius 3 is 2.50 bits per heavy atom. The minimum atomic E-state index is 0.232. The molecule has 0 saturated heterocycles. The van der Waals surface area contributed by atoms with Crippen molar-refractivity contribution in [1.82, 2.24) is 0 Å².